The van der Waals surface area contributed by atoms with E-state index in [2.05, 4.69) is 5.32 Å². The number of benzene rings is 2. The third-order valence-electron chi connectivity index (χ3n) is 3.95. The van der Waals surface area contributed by atoms with Gasteiger partial charge in [0.05, 0.1) is 12.6 Å². The van der Waals surface area contributed by atoms with E-state index < -0.39 is 0 Å². The highest BCUT2D eigenvalue weighted by Gasteiger charge is 2.17. The second-order valence-corrected chi connectivity index (χ2v) is 6.96. The summed E-state index contributed by atoms with van der Waals surface area (Å²) in [5.41, 5.74) is 0.822. The van der Waals surface area contributed by atoms with Crippen molar-refractivity contribution in [2.24, 2.45) is 0 Å². The Balaban J connectivity index is 1.54. The third-order valence-corrected chi connectivity index (χ3v) is 4.89. The smallest absolute Gasteiger partial charge is 0.220 e. The van der Waals surface area contributed by atoms with Crippen LogP contribution in [0.15, 0.2) is 66.0 Å². The average molecular weight is 387 g/mol. The number of rotatable bonds is 8. The van der Waals surface area contributed by atoms with Gasteiger partial charge in [0.25, 0.3) is 0 Å². The Morgan fingerprint density at radius 1 is 1.04 bits per heavy atom. The molecule has 0 aliphatic rings. The predicted octanol–water partition coefficient (Wildman–Crippen LogP) is 5.09. The van der Waals surface area contributed by atoms with Crippen molar-refractivity contribution >= 4 is 17.2 Å². The van der Waals surface area contributed by atoms with Crippen LogP contribution in [-0.2, 0) is 4.79 Å². The minimum Gasteiger partial charge on any atom is -0.493 e. The molecule has 0 spiro atoms. The van der Waals surface area contributed by atoms with Gasteiger partial charge in [0, 0.05) is 17.4 Å². The fraction of sp³-hybridized carbons (Fsp3) is 0.190. The van der Waals surface area contributed by atoms with Gasteiger partial charge in [-0.25, -0.2) is 8.78 Å². The van der Waals surface area contributed by atoms with Crippen molar-refractivity contribution < 1.29 is 18.3 Å². The van der Waals surface area contributed by atoms with Crippen molar-refractivity contribution in [2.75, 3.05) is 6.61 Å². The minimum atomic E-state index is -0.358. The molecule has 3 nitrogen and oxygen atoms in total. The van der Waals surface area contributed by atoms with Gasteiger partial charge >= 0.3 is 0 Å². The van der Waals surface area contributed by atoms with Crippen LogP contribution >= 0.6 is 11.3 Å². The lowest BCUT2D eigenvalue weighted by Gasteiger charge is -2.18. The van der Waals surface area contributed by atoms with Gasteiger partial charge in [-0.3, -0.25) is 4.79 Å². The number of halogens is 2. The van der Waals surface area contributed by atoms with Gasteiger partial charge in [0.15, 0.2) is 0 Å². The monoisotopic (exact) mass is 387 g/mol. The minimum absolute atomic E-state index is 0.124. The molecule has 0 aliphatic heterocycles. The van der Waals surface area contributed by atoms with Crippen LogP contribution in [0.4, 0.5) is 8.78 Å². The van der Waals surface area contributed by atoms with Crippen LogP contribution in [0.2, 0.25) is 0 Å². The van der Waals surface area contributed by atoms with Gasteiger partial charge in [-0.1, -0.05) is 24.3 Å². The highest BCUT2D eigenvalue weighted by Crippen LogP contribution is 2.26. The molecule has 1 unspecified atom stereocenters. The summed E-state index contributed by atoms with van der Waals surface area (Å²) in [7, 11) is 0. The van der Waals surface area contributed by atoms with Crippen LogP contribution in [0.5, 0.6) is 5.75 Å². The lowest BCUT2D eigenvalue weighted by Crippen LogP contribution is -2.28. The van der Waals surface area contributed by atoms with E-state index in [1.807, 2.05) is 17.5 Å². The molecule has 1 heterocycles. The molecule has 0 bridgehead atoms. The number of amides is 1. The van der Waals surface area contributed by atoms with E-state index in [1.54, 1.807) is 24.3 Å². The lowest BCUT2D eigenvalue weighted by molar-refractivity contribution is -0.121. The highest BCUT2D eigenvalue weighted by molar-refractivity contribution is 7.10. The zero-order valence-corrected chi connectivity index (χ0v) is 15.3. The Morgan fingerprint density at radius 2 is 1.85 bits per heavy atom. The predicted molar refractivity (Wildman–Crippen MR) is 102 cm³/mol. The maximum Gasteiger partial charge on any atom is 0.220 e. The van der Waals surface area contributed by atoms with Crippen LogP contribution in [0.1, 0.15) is 29.3 Å². The molecule has 27 heavy (non-hydrogen) atoms. The molecule has 2 aromatic carbocycles. The summed E-state index contributed by atoms with van der Waals surface area (Å²) < 4.78 is 31.8. The van der Waals surface area contributed by atoms with Crippen LogP contribution in [0.25, 0.3) is 0 Å². The maximum absolute atomic E-state index is 13.2. The Kier molecular flexibility index (Phi) is 6.54. The molecule has 1 aromatic heterocycles. The fourth-order valence-electron chi connectivity index (χ4n) is 2.64. The average Bonchev–Trinajstić information content (AvgIpc) is 3.19. The van der Waals surface area contributed by atoms with E-state index in [1.165, 1.54) is 35.6 Å². The van der Waals surface area contributed by atoms with Gasteiger partial charge in [0.2, 0.25) is 5.91 Å². The van der Waals surface area contributed by atoms with E-state index in [-0.39, 0.29) is 30.0 Å². The summed E-state index contributed by atoms with van der Waals surface area (Å²) in [5.74, 6) is -0.355. The molecule has 3 aromatic rings. The number of carbonyl (C=O) groups is 1. The summed E-state index contributed by atoms with van der Waals surface area (Å²) in [5, 5.41) is 4.93. The second kappa shape index (κ2) is 9.28. The van der Waals surface area contributed by atoms with Crippen LogP contribution in [0.3, 0.4) is 0 Å². The number of ether oxygens (including phenoxy) is 1. The largest absolute Gasteiger partial charge is 0.493 e. The van der Waals surface area contributed by atoms with Gasteiger partial charge in [-0.05, 0) is 47.7 Å². The SMILES string of the molecule is O=C(CCCOc1cccc(F)c1)NC(c1ccc(F)cc1)c1cccs1. The quantitative estimate of drug-likeness (QED) is 0.547. The summed E-state index contributed by atoms with van der Waals surface area (Å²) >= 11 is 1.53. The van der Waals surface area contributed by atoms with Crippen LogP contribution < -0.4 is 10.1 Å². The third kappa shape index (κ3) is 5.62. The summed E-state index contributed by atoms with van der Waals surface area (Å²) in [6.45, 7) is 0.317. The van der Waals surface area contributed by atoms with Crippen molar-refractivity contribution in [3.8, 4) is 5.75 Å². The van der Waals surface area contributed by atoms with E-state index in [0.717, 1.165) is 10.4 Å². The number of thiophene rings is 1. The number of hydrogen-bond donors (Lipinski definition) is 1. The Labute approximate surface area is 160 Å². The maximum atomic E-state index is 13.2. The Bertz CT molecular complexity index is 866. The Morgan fingerprint density at radius 3 is 2.56 bits per heavy atom. The Hall–Kier alpha value is -2.73. The standard InChI is InChI=1S/C21H19F2NO2S/c22-16-10-8-15(9-11-16)21(19-6-3-13-27-19)24-20(25)7-2-12-26-18-5-1-4-17(23)14-18/h1,3-6,8-11,13-14,21H,2,7,12H2,(H,24,25). The van der Waals surface area contributed by atoms with Gasteiger partial charge in [-0.15, -0.1) is 11.3 Å². The van der Waals surface area contributed by atoms with Crippen molar-refractivity contribution in [3.05, 3.63) is 88.1 Å². The van der Waals surface area contributed by atoms with Crippen molar-refractivity contribution in [1.29, 1.82) is 0 Å². The normalized spacial score (nSPS) is 11.8. The molecule has 3 rings (SSSR count). The number of nitrogens with one attached hydrogen (secondary N) is 1. The van der Waals surface area contributed by atoms with Crippen molar-refractivity contribution in [3.63, 3.8) is 0 Å². The summed E-state index contributed by atoms with van der Waals surface area (Å²) in [6.07, 6.45) is 0.779. The number of hydrogen-bond acceptors (Lipinski definition) is 3. The van der Waals surface area contributed by atoms with Gasteiger partial charge in [0.1, 0.15) is 17.4 Å². The molecule has 6 heteroatoms. The van der Waals surface area contributed by atoms with E-state index in [0.29, 0.717) is 18.8 Å². The van der Waals surface area contributed by atoms with Crippen LogP contribution in [0, 0.1) is 11.6 Å². The first-order valence-corrected chi connectivity index (χ1v) is 9.46. The summed E-state index contributed by atoms with van der Waals surface area (Å²) in [6, 6.07) is 15.5. The highest BCUT2D eigenvalue weighted by atomic mass is 32.1. The van der Waals surface area contributed by atoms with Gasteiger partial charge in [-0.2, -0.15) is 0 Å². The molecule has 1 N–H and O–H groups in total. The van der Waals surface area contributed by atoms with E-state index in [4.69, 9.17) is 4.74 Å². The molecule has 0 aliphatic carbocycles. The molecular formula is C21H19F2NO2S. The first-order valence-electron chi connectivity index (χ1n) is 8.58. The molecule has 0 saturated carbocycles. The first-order chi connectivity index (χ1) is 13.1. The zero-order chi connectivity index (χ0) is 19.1. The molecule has 140 valence electrons. The van der Waals surface area contributed by atoms with Crippen LogP contribution in [-0.4, -0.2) is 12.5 Å². The number of carbonyl (C=O) groups excluding carboxylic acids is 1. The fourth-order valence-corrected chi connectivity index (χ4v) is 3.44. The molecule has 1 amide bonds. The first kappa shape index (κ1) is 19.0. The molecule has 1 atom stereocenters. The lowest BCUT2D eigenvalue weighted by atomic mass is 10.0. The molecule has 0 fully saturated rings. The molecule has 0 saturated heterocycles. The topological polar surface area (TPSA) is 38.3 Å². The molecule has 0 radical (unpaired) electrons. The summed E-state index contributed by atoms with van der Waals surface area (Å²) in [4.78, 5) is 13.3. The molecular weight excluding hydrogens is 368 g/mol. The zero-order valence-electron chi connectivity index (χ0n) is 14.5. The van der Waals surface area contributed by atoms with E-state index >= 15 is 0 Å². The van der Waals surface area contributed by atoms with Crippen molar-refractivity contribution in [1.82, 2.24) is 5.32 Å². The van der Waals surface area contributed by atoms with Gasteiger partial charge < -0.3 is 10.1 Å². The van der Waals surface area contributed by atoms with E-state index in [9.17, 15) is 13.6 Å². The van der Waals surface area contributed by atoms with Crippen molar-refractivity contribution in [2.45, 2.75) is 18.9 Å². The second-order valence-electron chi connectivity index (χ2n) is 5.98.